The summed E-state index contributed by atoms with van der Waals surface area (Å²) in [6, 6.07) is 7.26. The molecule has 1 aromatic heterocycles. The summed E-state index contributed by atoms with van der Waals surface area (Å²) in [5, 5.41) is 7.01. The van der Waals surface area contributed by atoms with E-state index in [-0.39, 0.29) is 6.03 Å². The number of hydrogen-bond acceptors (Lipinski definition) is 5. The number of nitrogens with one attached hydrogen (secondary N) is 1. The van der Waals surface area contributed by atoms with Crippen LogP contribution in [0.15, 0.2) is 28.8 Å². The number of likely N-dealkylation sites (tertiary alicyclic amines) is 1. The molecule has 132 valence electrons. The second kappa shape index (κ2) is 6.74. The number of hydrogen-bond donors (Lipinski definition) is 1. The Hall–Kier alpha value is -2.57. The second-order valence-electron chi connectivity index (χ2n) is 6.79. The Kier molecular flexibility index (Phi) is 4.29. The van der Waals surface area contributed by atoms with Gasteiger partial charge in [-0.1, -0.05) is 5.16 Å². The van der Waals surface area contributed by atoms with Crippen LogP contribution in [0.3, 0.4) is 0 Å². The molecular formula is C18H22N4O3. The van der Waals surface area contributed by atoms with E-state index >= 15 is 0 Å². The molecule has 2 heterocycles. The van der Waals surface area contributed by atoms with Crippen LogP contribution in [0.5, 0.6) is 5.75 Å². The van der Waals surface area contributed by atoms with Crippen molar-refractivity contribution in [3.05, 3.63) is 36.0 Å². The van der Waals surface area contributed by atoms with Gasteiger partial charge in [0.15, 0.2) is 5.82 Å². The average Bonchev–Trinajstić information content (AvgIpc) is 3.19. The summed E-state index contributed by atoms with van der Waals surface area (Å²) in [5.74, 6) is 3.18. The Balaban J connectivity index is 1.29. The number of anilines is 1. The first kappa shape index (κ1) is 15.9. The summed E-state index contributed by atoms with van der Waals surface area (Å²) in [7, 11) is 1.62. The van der Waals surface area contributed by atoms with Gasteiger partial charge < -0.3 is 19.5 Å². The van der Waals surface area contributed by atoms with E-state index in [1.54, 1.807) is 7.11 Å². The van der Waals surface area contributed by atoms with Gasteiger partial charge in [-0.3, -0.25) is 0 Å². The van der Waals surface area contributed by atoms with E-state index in [0.717, 1.165) is 61.9 Å². The predicted octanol–water partition coefficient (Wildman–Crippen LogP) is 3.05. The van der Waals surface area contributed by atoms with Gasteiger partial charge in [-0.25, -0.2) is 4.79 Å². The molecule has 1 N–H and O–H groups in total. The molecule has 2 aliphatic rings. The maximum Gasteiger partial charge on any atom is 0.321 e. The molecule has 1 saturated heterocycles. The van der Waals surface area contributed by atoms with Crippen LogP contribution in [-0.4, -0.2) is 41.3 Å². The third-order valence-corrected chi connectivity index (χ3v) is 4.80. The van der Waals surface area contributed by atoms with Crippen molar-refractivity contribution in [2.24, 2.45) is 5.92 Å². The summed E-state index contributed by atoms with van der Waals surface area (Å²) < 4.78 is 10.4. The van der Waals surface area contributed by atoms with Crippen LogP contribution in [0.25, 0.3) is 0 Å². The van der Waals surface area contributed by atoms with Crippen LogP contribution in [0.1, 0.15) is 36.9 Å². The van der Waals surface area contributed by atoms with Crippen LogP contribution in [0.4, 0.5) is 10.5 Å². The minimum atomic E-state index is -0.0700. The van der Waals surface area contributed by atoms with Crippen LogP contribution in [-0.2, 0) is 6.42 Å². The summed E-state index contributed by atoms with van der Waals surface area (Å²) in [5.41, 5.74) is 0.765. The van der Waals surface area contributed by atoms with Crippen molar-refractivity contribution in [2.75, 3.05) is 25.5 Å². The van der Waals surface area contributed by atoms with E-state index in [1.807, 2.05) is 29.2 Å². The van der Waals surface area contributed by atoms with Gasteiger partial charge in [-0.2, -0.15) is 4.98 Å². The lowest BCUT2D eigenvalue weighted by Gasteiger charge is -2.17. The van der Waals surface area contributed by atoms with E-state index < -0.39 is 0 Å². The first-order valence-corrected chi connectivity index (χ1v) is 8.73. The lowest BCUT2D eigenvalue weighted by Crippen LogP contribution is -2.33. The molecule has 25 heavy (non-hydrogen) atoms. The highest BCUT2D eigenvalue weighted by atomic mass is 16.5. The SMILES string of the molecule is COc1ccc(NC(=O)N2CCC(Cc3noc(C4CC4)n3)C2)cc1. The minimum Gasteiger partial charge on any atom is -0.497 e. The van der Waals surface area contributed by atoms with Crippen molar-refractivity contribution in [3.63, 3.8) is 0 Å². The highest BCUT2D eigenvalue weighted by Crippen LogP contribution is 2.39. The molecular weight excluding hydrogens is 320 g/mol. The van der Waals surface area contributed by atoms with E-state index in [0.29, 0.717) is 11.8 Å². The third kappa shape index (κ3) is 3.75. The molecule has 0 bridgehead atoms. The molecule has 4 rings (SSSR count). The van der Waals surface area contributed by atoms with E-state index in [9.17, 15) is 4.79 Å². The van der Waals surface area contributed by atoms with Crippen molar-refractivity contribution in [2.45, 2.75) is 31.6 Å². The largest absolute Gasteiger partial charge is 0.497 e. The fourth-order valence-electron chi connectivity index (χ4n) is 3.17. The number of ether oxygens (including phenoxy) is 1. The average molecular weight is 342 g/mol. The molecule has 1 aliphatic carbocycles. The van der Waals surface area contributed by atoms with Gasteiger partial charge in [-0.15, -0.1) is 0 Å². The Morgan fingerprint density at radius 1 is 1.32 bits per heavy atom. The van der Waals surface area contributed by atoms with E-state index in [2.05, 4.69) is 15.5 Å². The van der Waals surface area contributed by atoms with Gasteiger partial charge in [0, 0.05) is 31.1 Å². The molecule has 7 nitrogen and oxygen atoms in total. The molecule has 1 unspecified atom stereocenters. The highest BCUT2D eigenvalue weighted by molar-refractivity contribution is 5.89. The molecule has 1 atom stereocenters. The molecule has 1 aromatic carbocycles. The lowest BCUT2D eigenvalue weighted by molar-refractivity contribution is 0.220. The van der Waals surface area contributed by atoms with Crippen molar-refractivity contribution >= 4 is 11.7 Å². The van der Waals surface area contributed by atoms with Crippen LogP contribution < -0.4 is 10.1 Å². The molecule has 0 spiro atoms. The number of aromatic nitrogens is 2. The summed E-state index contributed by atoms with van der Waals surface area (Å²) in [6.45, 7) is 1.47. The number of methoxy groups -OCH3 is 1. The smallest absolute Gasteiger partial charge is 0.321 e. The molecule has 7 heteroatoms. The van der Waals surface area contributed by atoms with Crippen molar-refractivity contribution in [3.8, 4) is 5.75 Å². The van der Waals surface area contributed by atoms with Gasteiger partial charge >= 0.3 is 6.03 Å². The van der Waals surface area contributed by atoms with E-state index in [4.69, 9.17) is 9.26 Å². The van der Waals surface area contributed by atoms with Crippen LogP contribution in [0.2, 0.25) is 0 Å². The van der Waals surface area contributed by atoms with Crippen molar-refractivity contribution in [1.82, 2.24) is 15.0 Å². The van der Waals surface area contributed by atoms with Gasteiger partial charge in [-0.05, 0) is 49.4 Å². The minimum absolute atomic E-state index is 0.0700. The summed E-state index contributed by atoms with van der Waals surface area (Å²) in [6.07, 6.45) is 4.04. The number of rotatable bonds is 5. The fraction of sp³-hybridized carbons (Fsp3) is 0.500. The number of nitrogens with zero attached hydrogens (tertiary/aromatic N) is 3. The number of carbonyl (C=O) groups excluding carboxylic acids is 1. The molecule has 0 radical (unpaired) electrons. The molecule has 2 amide bonds. The Bertz CT molecular complexity index is 739. The van der Waals surface area contributed by atoms with Gasteiger partial charge in [0.05, 0.1) is 7.11 Å². The predicted molar refractivity (Wildman–Crippen MR) is 91.7 cm³/mol. The monoisotopic (exact) mass is 342 g/mol. The van der Waals surface area contributed by atoms with Gasteiger partial charge in [0.1, 0.15) is 5.75 Å². The second-order valence-corrected chi connectivity index (χ2v) is 6.79. The third-order valence-electron chi connectivity index (χ3n) is 4.80. The summed E-state index contributed by atoms with van der Waals surface area (Å²) in [4.78, 5) is 18.7. The van der Waals surface area contributed by atoms with E-state index in [1.165, 1.54) is 0 Å². The van der Waals surface area contributed by atoms with Gasteiger partial charge in [0.2, 0.25) is 5.89 Å². The summed E-state index contributed by atoms with van der Waals surface area (Å²) >= 11 is 0. The standard InChI is InChI=1S/C18H22N4O3/c1-24-15-6-4-14(5-7-15)19-18(23)22-9-8-12(11-22)10-16-20-17(25-21-16)13-2-3-13/h4-7,12-13H,2-3,8-11H2,1H3,(H,19,23). The molecule has 1 aliphatic heterocycles. The number of amides is 2. The van der Waals surface area contributed by atoms with Crippen molar-refractivity contribution in [1.29, 1.82) is 0 Å². The maximum atomic E-state index is 12.4. The zero-order chi connectivity index (χ0) is 17.2. The maximum absolute atomic E-state index is 12.4. The van der Waals surface area contributed by atoms with Gasteiger partial charge in [0.25, 0.3) is 0 Å². The zero-order valence-electron chi connectivity index (χ0n) is 14.3. The molecule has 2 aromatic rings. The van der Waals surface area contributed by atoms with Crippen LogP contribution in [0, 0.1) is 5.92 Å². The molecule has 1 saturated carbocycles. The Morgan fingerprint density at radius 2 is 2.12 bits per heavy atom. The zero-order valence-corrected chi connectivity index (χ0v) is 14.3. The topological polar surface area (TPSA) is 80.5 Å². The fourth-order valence-corrected chi connectivity index (χ4v) is 3.17. The normalized spacial score (nSPS) is 19.9. The Labute approximate surface area is 146 Å². The Morgan fingerprint density at radius 3 is 2.84 bits per heavy atom. The number of carbonyl (C=O) groups is 1. The first-order valence-electron chi connectivity index (χ1n) is 8.73. The van der Waals surface area contributed by atoms with Crippen molar-refractivity contribution < 1.29 is 14.1 Å². The highest BCUT2D eigenvalue weighted by Gasteiger charge is 2.31. The lowest BCUT2D eigenvalue weighted by atomic mass is 10.1. The first-order chi connectivity index (χ1) is 12.2. The van der Waals surface area contributed by atoms with Crippen LogP contribution >= 0.6 is 0 Å². The molecule has 2 fully saturated rings. The number of urea groups is 1. The quantitative estimate of drug-likeness (QED) is 0.903. The number of benzene rings is 1.